The summed E-state index contributed by atoms with van der Waals surface area (Å²) in [5, 5.41) is 8.70. The molecule has 136 valence electrons. The van der Waals surface area contributed by atoms with Crippen molar-refractivity contribution in [3.63, 3.8) is 0 Å². The van der Waals surface area contributed by atoms with Crippen LogP contribution in [0.1, 0.15) is 37.7 Å². The largest absolute Gasteiger partial charge is 0.350 e. The zero-order valence-electron chi connectivity index (χ0n) is 14.7. The van der Waals surface area contributed by atoms with E-state index in [4.69, 9.17) is 0 Å². The van der Waals surface area contributed by atoms with Crippen molar-refractivity contribution in [1.82, 2.24) is 15.6 Å². The average Bonchev–Trinajstić information content (AvgIpc) is 2.68. The van der Waals surface area contributed by atoms with Crippen LogP contribution in [0.5, 0.6) is 0 Å². The monoisotopic (exact) mass is 352 g/mol. The summed E-state index contributed by atoms with van der Waals surface area (Å²) in [6.07, 6.45) is 7.65. The molecule has 6 heteroatoms. The Balaban J connectivity index is 1.65. The van der Waals surface area contributed by atoms with E-state index in [1.165, 1.54) is 0 Å². The summed E-state index contributed by atoms with van der Waals surface area (Å²) in [7, 11) is 0. The first-order chi connectivity index (χ1) is 12.7. The van der Waals surface area contributed by atoms with Crippen molar-refractivity contribution in [2.24, 2.45) is 0 Å². The van der Waals surface area contributed by atoms with Crippen molar-refractivity contribution < 1.29 is 9.59 Å². The van der Waals surface area contributed by atoms with Gasteiger partial charge in [-0.15, -0.1) is 0 Å². The van der Waals surface area contributed by atoms with Gasteiger partial charge >= 0.3 is 6.03 Å². The third kappa shape index (κ3) is 4.59. The maximum atomic E-state index is 12.9. The summed E-state index contributed by atoms with van der Waals surface area (Å²) in [5.74, 6) is -0.135. The third-order valence-corrected chi connectivity index (χ3v) is 4.70. The van der Waals surface area contributed by atoms with Crippen LogP contribution in [-0.2, 0) is 11.3 Å². The van der Waals surface area contributed by atoms with E-state index in [2.05, 4.69) is 20.9 Å². The van der Waals surface area contributed by atoms with Gasteiger partial charge in [0.2, 0.25) is 5.91 Å². The summed E-state index contributed by atoms with van der Waals surface area (Å²) in [6.45, 7) is 0.399. The summed E-state index contributed by atoms with van der Waals surface area (Å²) in [5.41, 5.74) is 0.770. The highest BCUT2D eigenvalue weighted by molar-refractivity contribution is 5.96. The fourth-order valence-electron chi connectivity index (χ4n) is 3.32. The number of carbonyl (C=O) groups is 2. The van der Waals surface area contributed by atoms with E-state index in [0.717, 1.165) is 24.8 Å². The summed E-state index contributed by atoms with van der Waals surface area (Å²) in [6, 6.07) is 12.6. The highest BCUT2D eigenvalue weighted by Crippen LogP contribution is 2.29. The van der Waals surface area contributed by atoms with Crippen LogP contribution in [0.3, 0.4) is 0 Å². The van der Waals surface area contributed by atoms with Crippen LogP contribution in [0.25, 0.3) is 0 Å². The molecule has 1 aromatic carbocycles. The lowest BCUT2D eigenvalue weighted by molar-refractivity contribution is -0.128. The molecule has 1 aliphatic rings. The van der Waals surface area contributed by atoms with E-state index < -0.39 is 5.54 Å². The van der Waals surface area contributed by atoms with E-state index in [1.807, 2.05) is 42.5 Å². The topological polar surface area (TPSA) is 83.1 Å². The molecule has 0 radical (unpaired) electrons. The number of benzene rings is 1. The van der Waals surface area contributed by atoms with Crippen molar-refractivity contribution in [3.05, 3.63) is 60.4 Å². The second kappa shape index (κ2) is 8.47. The zero-order valence-corrected chi connectivity index (χ0v) is 14.7. The minimum Gasteiger partial charge on any atom is -0.350 e. The first-order valence-corrected chi connectivity index (χ1v) is 8.99. The van der Waals surface area contributed by atoms with E-state index >= 15 is 0 Å². The van der Waals surface area contributed by atoms with Gasteiger partial charge in [-0.3, -0.25) is 9.78 Å². The molecule has 0 aliphatic heterocycles. The Labute approximate surface area is 153 Å². The predicted molar refractivity (Wildman–Crippen MR) is 100 cm³/mol. The molecule has 3 amide bonds. The SMILES string of the molecule is O=C(Nc1ccccc1)NC1(C(=O)NCc2cccnc2)CCCCC1. The van der Waals surface area contributed by atoms with Crippen LogP contribution in [-0.4, -0.2) is 22.5 Å². The fourth-order valence-corrected chi connectivity index (χ4v) is 3.32. The van der Waals surface area contributed by atoms with Crippen molar-refractivity contribution in [2.75, 3.05) is 5.32 Å². The van der Waals surface area contributed by atoms with Gasteiger partial charge < -0.3 is 16.0 Å². The van der Waals surface area contributed by atoms with Gasteiger partial charge in [0.1, 0.15) is 5.54 Å². The number of amides is 3. The van der Waals surface area contributed by atoms with Crippen molar-refractivity contribution in [3.8, 4) is 0 Å². The van der Waals surface area contributed by atoms with Crippen LogP contribution in [0.15, 0.2) is 54.9 Å². The molecular formula is C20H24N4O2. The van der Waals surface area contributed by atoms with E-state index in [0.29, 0.717) is 25.1 Å². The van der Waals surface area contributed by atoms with Gasteiger partial charge in [0.15, 0.2) is 0 Å². The van der Waals surface area contributed by atoms with Crippen LogP contribution in [0.2, 0.25) is 0 Å². The molecule has 1 aromatic heterocycles. The molecule has 3 rings (SSSR count). The van der Waals surface area contributed by atoms with Gasteiger partial charge in [0.25, 0.3) is 0 Å². The molecule has 1 aliphatic carbocycles. The molecule has 0 saturated heterocycles. The third-order valence-electron chi connectivity index (χ3n) is 4.70. The molecule has 26 heavy (non-hydrogen) atoms. The van der Waals surface area contributed by atoms with Crippen LogP contribution >= 0.6 is 0 Å². The molecule has 0 atom stereocenters. The normalized spacial score (nSPS) is 15.7. The van der Waals surface area contributed by atoms with Gasteiger partial charge in [0.05, 0.1) is 0 Å². The maximum Gasteiger partial charge on any atom is 0.320 e. The number of nitrogens with one attached hydrogen (secondary N) is 3. The first-order valence-electron chi connectivity index (χ1n) is 8.99. The van der Waals surface area contributed by atoms with Crippen molar-refractivity contribution >= 4 is 17.6 Å². The lowest BCUT2D eigenvalue weighted by Gasteiger charge is -2.36. The van der Waals surface area contributed by atoms with E-state index in [1.54, 1.807) is 12.4 Å². The van der Waals surface area contributed by atoms with Crippen molar-refractivity contribution in [1.29, 1.82) is 0 Å². The highest BCUT2D eigenvalue weighted by atomic mass is 16.2. The van der Waals surface area contributed by atoms with Crippen LogP contribution < -0.4 is 16.0 Å². The summed E-state index contributed by atoms with van der Waals surface area (Å²) < 4.78 is 0. The smallest absolute Gasteiger partial charge is 0.320 e. The van der Waals surface area contributed by atoms with Gasteiger partial charge in [-0.25, -0.2) is 4.79 Å². The number of anilines is 1. The molecule has 2 aromatic rings. The molecule has 1 heterocycles. The molecule has 3 N–H and O–H groups in total. The molecule has 0 bridgehead atoms. The Bertz CT molecular complexity index is 728. The lowest BCUT2D eigenvalue weighted by atomic mass is 9.81. The number of para-hydroxylation sites is 1. The number of urea groups is 1. The van der Waals surface area contributed by atoms with E-state index in [-0.39, 0.29) is 11.9 Å². The minimum atomic E-state index is -0.862. The predicted octanol–water partition coefficient (Wildman–Crippen LogP) is 3.22. The molecule has 1 saturated carbocycles. The highest BCUT2D eigenvalue weighted by Gasteiger charge is 2.40. The van der Waals surface area contributed by atoms with Gasteiger partial charge in [0, 0.05) is 24.6 Å². The molecule has 1 fully saturated rings. The molecular weight excluding hydrogens is 328 g/mol. The van der Waals surface area contributed by atoms with Gasteiger partial charge in [-0.1, -0.05) is 43.5 Å². The molecule has 0 spiro atoms. The Morgan fingerprint density at radius 3 is 2.46 bits per heavy atom. The molecule has 0 unspecified atom stereocenters. The average molecular weight is 352 g/mol. The maximum absolute atomic E-state index is 12.9. The van der Waals surface area contributed by atoms with Crippen LogP contribution in [0.4, 0.5) is 10.5 Å². The fraction of sp³-hybridized carbons (Fsp3) is 0.350. The second-order valence-corrected chi connectivity index (χ2v) is 6.63. The summed E-state index contributed by atoms with van der Waals surface area (Å²) >= 11 is 0. The molecule has 6 nitrogen and oxygen atoms in total. The number of rotatable bonds is 5. The number of nitrogens with zero attached hydrogens (tertiary/aromatic N) is 1. The summed E-state index contributed by atoms with van der Waals surface area (Å²) in [4.78, 5) is 29.4. The quantitative estimate of drug-likeness (QED) is 0.772. The number of pyridine rings is 1. The Kier molecular flexibility index (Phi) is 5.84. The number of hydrogen-bond acceptors (Lipinski definition) is 3. The Hall–Kier alpha value is -2.89. The Morgan fingerprint density at radius 2 is 1.77 bits per heavy atom. The minimum absolute atomic E-state index is 0.135. The van der Waals surface area contributed by atoms with Crippen molar-refractivity contribution in [2.45, 2.75) is 44.2 Å². The Morgan fingerprint density at radius 1 is 1.00 bits per heavy atom. The number of carbonyl (C=O) groups excluding carboxylic acids is 2. The number of aromatic nitrogens is 1. The van der Waals surface area contributed by atoms with E-state index in [9.17, 15) is 9.59 Å². The lowest BCUT2D eigenvalue weighted by Crippen LogP contribution is -2.60. The van der Waals surface area contributed by atoms with Crippen LogP contribution in [0, 0.1) is 0 Å². The first kappa shape index (κ1) is 17.9. The van der Waals surface area contributed by atoms with Gasteiger partial charge in [-0.2, -0.15) is 0 Å². The second-order valence-electron chi connectivity index (χ2n) is 6.63. The standard InChI is InChI=1S/C20H24N4O2/c25-18(22-15-16-8-7-13-21-14-16)20(11-5-2-6-12-20)24-19(26)23-17-9-3-1-4-10-17/h1,3-4,7-10,13-14H,2,5-6,11-12,15H2,(H,22,25)(H2,23,24,26). The zero-order chi connectivity index (χ0) is 18.2. The van der Waals surface area contributed by atoms with Gasteiger partial charge in [-0.05, 0) is 36.6 Å². The number of hydrogen-bond donors (Lipinski definition) is 3.